The van der Waals surface area contributed by atoms with Crippen LogP contribution < -0.4 is 10.6 Å². The molecule has 0 aliphatic heterocycles. The van der Waals surface area contributed by atoms with Crippen LogP contribution in [0.15, 0.2) is 24.3 Å². The van der Waals surface area contributed by atoms with E-state index in [2.05, 4.69) is 34.9 Å². The SMILES string of the molecule is CC[S@](=O)[C@H]1CCC[C@@H](NC(=O)NC2Cc3ccccc3C2)C1. The van der Waals surface area contributed by atoms with Gasteiger partial charge in [-0.1, -0.05) is 37.6 Å². The molecule has 1 aromatic carbocycles. The van der Waals surface area contributed by atoms with Gasteiger partial charge in [0.2, 0.25) is 0 Å². The molecule has 0 bridgehead atoms. The number of amides is 2. The number of benzene rings is 1. The number of urea groups is 1. The molecule has 0 unspecified atom stereocenters. The molecule has 2 aliphatic carbocycles. The van der Waals surface area contributed by atoms with Crippen molar-refractivity contribution in [2.45, 2.75) is 62.8 Å². The lowest BCUT2D eigenvalue weighted by Gasteiger charge is -2.29. The van der Waals surface area contributed by atoms with Crippen LogP contribution in [-0.4, -0.2) is 33.3 Å². The molecule has 0 aromatic heterocycles. The second-order valence-electron chi connectivity index (χ2n) is 6.65. The molecule has 3 atom stereocenters. The molecule has 5 heteroatoms. The first-order valence-electron chi connectivity index (χ1n) is 8.66. The lowest BCUT2D eigenvalue weighted by Crippen LogP contribution is -2.48. The van der Waals surface area contributed by atoms with Crippen molar-refractivity contribution in [3.8, 4) is 0 Å². The Morgan fingerprint density at radius 3 is 2.43 bits per heavy atom. The van der Waals surface area contributed by atoms with Crippen molar-refractivity contribution < 1.29 is 9.00 Å². The second-order valence-corrected chi connectivity index (χ2v) is 8.65. The third-order valence-corrected chi connectivity index (χ3v) is 6.74. The van der Waals surface area contributed by atoms with Crippen molar-refractivity contribution >= 4 is 16.8 Å². The molecule has 0 radical (unpaired) electrons. The topological polar surface area (TPSA) is 58.2 Å². The molecule has 2 amide bonds. The fourth-order valence-electron chi connectivity index (χ4n) is 3.82. The largest absolute Gasteiger partial charge is 0.335 e. The van der Waals surface area contributed by atoms with E-state index >= 15 is 0 Å². The van der Waals surface area contributed by atoms with E-state index < -0.39 is 10.8 Å². The lowest BCUT2D eigenvalue weighted by atomic mass is 9.95. The molecule has 2 N–H and O–H groups in total. The molecule has 23 heavy (non-hydrogen) atoms. The van der Waals surface area contributed by atoms with Gasteiger partial charge in [0.1, 0.15) is 0 Å². The van der Waals surface area contributed by atoms with Crippen LogP contribution in [-0.2, 0) is 23.6 Å². The summed E-state index contributed by atoms with van der Waals surface area (Å²) in [5.41, 5.74) is 2.68. The first-order valence-corrected chi connectivity index (χ1v) is 10.0. The molecule has 4 nitrogen and oxygen atoms in total. The summed E-state index contributed by atoms with van der Waals surface area (Å²) >= 11 is 0. The molecule has 1 aromatic rings. The van der Waals surface area contributed by atoms with E-state index in [1.807, 2.05) is 6.92 Å². The summed E-state index contributed by atoms with van der Waals surface area (Å²) in [4.78, 5) is 12.3. The van der Waals surface area contributed by atoms with Crippen molar-refractivity contribution in [1.29, 1.82) is 0 Å². The monoisotopic (exact) mass is 334 g/mol. The van der Waals surface area contributed by atoms with Gasteiger partial charge >= 0.3 is 6.03 Å². The summed E-state index contributed by atoms with van der Waals surface area (Å²) in [6.07, 6.45) is 5.75. The number of fused-ring (bicyclic) bond motifs is 1. The van der Waals surface area contributed by atoms with Crippen molar-refractivity contribution in [1.82, 2.24) is 10.6 Å². The predicted octanol–water partition coefficient (Wildman–Crippen LogP) is 2.53. The van der Waals surface area contributed by atoms with Gasteiger partial charge in [0.05, 0.1) is 0 Å². The van der Waals surface area contributed by atoms with Crippen LogP contribution in [0.25, 0.3) is 0 Å². The Morgan fingerprint density at radius 2 is 1.78 bits per heavy atom. The van der Waals surface area contributed by atoms with Gasteiger partial charge in [-0.25, -0.2) is 4.79 Å². The maximum atomic E-state index is 12.3. The summed E-state index contributed by atoms with van der Waals surface area (Å²) in [6, 6.07) is 8.66. The number of carbonyl (C=O) groups is 1. The van der Waals surface area contributed by atoms with Crippen molar-refractivity contribution in [2.24, 2.45) is 0 Å². The standard InChI is InChI=1S/C18H26N2O2S/c1-2-23(22)17-9-5-8-15(12-17)19-18(21)20-16-10-13-6-3-4-7-14(13)11-16/h3-4,6-7,15-17H,2,5,8-12H2,1H3,(H2,19,20,21)/t15-,17+,23+/m1/s1. The van der Waals surface area contributed by atoms with E-state index in [0.29, 0.717) is 5.75 Å². The van der Waals surface area contributed by atoms with Gasteiger partial charge < -0.3 is 10.6 Å². The number of rotatable bonds is 4. The normalized spacial score (nSPS) is 25.6. The fourth-order valence-corrected chi connectivity index (χ4v) is 5.17. The van der Waals surface area contributed by atoms with Gasteiger partial charge in [-0.2, -0.15) is 0 Å². The highest BCUT2D eigenvalue weighted by molar-refractivity contribution is 7.85. The minimum Gasteiger partial charge on any atom is -0.335 e. The second kappa shape index (κ2) is 7.47. The van der Waals surface area contributed by atoms with Crippen molar-refractivity contribution in [2.75, 3.05) is 5.75 Å². The van der Waals surface area contributed by atoms with Crippen LogP contribution in [0.4, 0.5) is 4.79 Å². The molecular formula is C18H26N2O2S. The first-order chi connectivity index (χ1) is 11.2. The van der Waals surface area contributed by atoms with E-state index in [-0.39, 0.29) is 23.4 Å². The van der Waals surface area contributed by atoms with Gasteiger partial charge in [-0.05, 0) is 43.2 Å². The van der Waals surface area contributed by atoms with Gasteiger partial charge in [0.25, 0.3) is 0 Å². The van der Waals surface area contributed by atoms with Gasteiger partial charge in [-0.15, -0.1) is 0 Å². The van der Waals surface area contributed by atoms with E-state index in [0.717, 1.165) is 38.5 Å². The minimum absolute atomic E-state index is 0.0734. The molecular weight excluding hydrogens is 308 g/mol. The molecule has 0 saturated heterocycles. The molecule has 3 rings (SSSR count). The Labute approximate surface area is 140 Å². The molecule has 2 aliphatic rings. The average Bonchev–Trinajstić information content (AvgIpc) is 2.96. The Hall–Kier alpha value is -1.36. The number of hydrogen-bond acceptors (Lipinski definition) is 2. The fraction of sp³-hybridized carbons (Fsp3) is 0.611. The van der Waals surface area contributed by atoms with Gasteiger partial charge in [-0.3, -0.25) is 4.21 Å². The third kappa shape index (κ3) is 4.14. The summed E-state index contributed by atoms with van der Waals surface area (Å²) in [6.45, 7) is 1.97. The summed E-state index contributed by atoms with van der Waals surface area (Å²) < 4.78 is 12.0. The molecule has 1 saturated carbocycles. The van der Waals surface area contributed by atoms with Crippen LogP contribution >= 0.6 is 0 Å². The quantitative estimate of drug-likeness (QED) is 0.889. The zero-order valence-corrected chi connectivity index (χ0v) is 14.5. The smallest absolute Gasteiger partial charge is 0.315 e. The predicted molar refractivity (Wildman–Crippen MR) is 94.0 cm³/mol. The molecule has 0 heterocycles. The van der Waals surface area contributed by atoms with Gasteiger partial charge in [0, 0.05) is 33.9 Å². The zero-order chi connectivity index (χ0) is 16.2. The zero-order valence-electron chi connectivity index (χ0n) is 13.7. The third-order valence-electron chi connectivity index (χ3n) is 5.00. The van der Waals surface area contributed by atoms with E-state index in [9.17, 15) is 9.00 Å². The first kappa shape index (κ1) is 16.5. The lowest BCUT2D eigenvalue weighted by molar-refractivity contribution is 0.229. The number of carbonyl (C=O) groups excluding carboxylic acids is 1. The van der Waals surface area contributed by atoms with E-state index in [4.69, 9.17) is 0 Å². The number of hydrogen-bond donors (Lipinski definition) is 2. The van der Waals surface area contributed by atoms with Crippen LogP contribution in [0.2, 0.25) is 0 Å². The molecule has 1 fully saturated rings. The Morgan fingerprint density at radius 1 is 1.13 bits per heavy atom. The van der Waals surface area contributed by atoms with Crippen LogP contribution in [0.1, 0.15) is 43.7 Å². The Kier molecular flexibility index (Phi) is 5.36. The Balaban J connectivity index is 1.48. The van der Waals surface area contributed by atoms with Crippen LogP contribution in [0.5, 0.6) is 0 Å². The van der Waals surface area contributed by atoms with E-state index in [1.165, 1.54) is 11.1 Å². The van der Waals surface area contributed by atoms with Crippen molar-refractivity contribution in [3.05, 3.63) is 35.4 Å². The Bertz CT molecular complexity index is 565. The van der Waals surface area contributed by atoms with Gasteiger partial charge in [0.15, 0.2) is 0 Å². The molecule has 0 spiro atoms. The van der Waals surface area contributed by atoms with Crippen molar-refractivity contribution in [3.63, 3.8) is 0 Å². The summed E-state index contributed by atoms with van der Waals surface area (Å²) in [7, 11) is -0.752. The summed E-state index contributed by atoms with van der Waals surface area (Å²) in [5.74, 6) is 0.712. The highest BCUT2D eigenvalue weighted by Gasteiger charge is 2.28. The highest BCUT2D eigenvalue weighted by Crippen LogP contribution is 2.24. The van der Waals surface area contributed by atoms with Crippen LogP contribution in [0.3, 0.4) is 0 Å². The molecule has 126 valence electrons. The van der Waals surface area contributed by atoms with Crippen LogP contribution in [0, 0.1) is 0 Å². The maximum Gasteiger partial charge on any atom is 0.315 e. The summed E-state index contributed by atoms with van der Waals surface area (Å²) in [5, 5.41) is 6.45. The highest BCUT2D eigenvalue weighted by atomic mass is 32.2. The maximum absolute atomic E-state index is 12.3. The number of nitrogens with one attached hydrogen (secondary N) is 2. The van der Waals surface area contributed by atoms with E-state index in [1.54, 1.807) is 0 Å². The minimum atomic E-state index is -0.752. The average molecular weight is 334 g/mol.